The summed E-state index contributed by atoms with van der Waals surface area (Å²) in [6, 6.07) is 18.1. The molecule has 8 nitrogen and oxygen atoms in total. The Morgan fingerprint density at radius 1 is 1.06 bits per heavy atom. The number of benzene rings is 2. The highest BCUT2D eigenvalue weighted by molar-refractivity contribution is 7.99. The number of hydrogen-bond acceptors (Lipinski definition) is 8. The number of morpholine rings is 1. The average Bonchev–Trinajstić information content (AvgIpc) is 3.48. The summed E-state index contributed by atoms with van der Waals surface area (Å²) < 4.78 is 8.67. The maximum atomic E-state index is 12.5. The van der Waals surface area contributed by atoms with E-state index >= 15 is 0 Å². The predicted octanol–water partition coefficient (Wildman–Crippen LogP) is 3.16. The number of thiazole rings is 1. The fourth-order valence-electron chi connectivity index (χ4n) is 3.64. The molecule has 0 unspecified atom stereocenters. The van der Waals surface area contributed by atoms with Crippen molar-refractivity contribution in [2.24, 2.45) is 0 Å². The fourth-order valence-corrected chi connectivity index (χ4v) is 5.39. The monoisotopic (exact) mass is 480 g/mol. The summed E-state index contributed by atoms with van der Waals surface area (Å²) in [7, 11) is 0. The Labute approximate surface area is 200 Å². The third-order valence-corrected chi connectivity index (χ3v) is 7.28. The molecule has 1 N–H and O–H groups in total. The summed E-state index contributed by atoms with van der Waals surface area (Å²) in [5.74, 6) is 1.02. The molecular weight excluding hydrogens is 456 g/mol. The first-order valence-corrected chi connectivity index (χ1v) is 12.7. The van der Waals surface area contributed by atoms with Gasteiger partial charge in [0.25, 0.3) is 0 Å². The maximum Gasteiger partial charge on any atom is 0.232 e. The predicted molar refractivity (Wildman–Crippen MR) is 131 cm³/mol. The van der Waals surface area contributed by atoms with Crippen molar-refractivity contribution in [1.29, 1.82) is 0 Å². The third-order valence-electron chi connectivity index (χ3n) is 5.26. The van der Waals surface area contributed by atoms with Crippen LogP contribution in [0, 0.1) is 0 Å². The molecule has 0 radical (unpaired) electrons. The van der Waals surface area contributed by atoms with Gasteiger partial charge in [0.15, 0.2) is 5.16 Å². The van der Waals surface area contributed by atoms with E-state index in [9.17, 15) is 4.79 Å². The molecule has 1 amide bonds. The Hall–Kier alpha value is -2.95. The quantitative estimate of drug-likeness (QED) is 0.388. The van der Waals surface area contributed by atoms with Crippen LogP contribution in [0.5, 0.6) is 0 Å². The molecule has 1 saturated heterocycles. The molecule has 0 aliphatic carbocycles. The second kappa shape index (κ2) is 10.3. The van der Waals surface area contributed by atoms with Gasteiger partial charge in [0, 0.05) is 26.1 Å². The molecule has 33 heavy (non-hydrogen) atoms. The highest BCUT2D eigenvalue weighted by Gasteiger charge is 2.22. The Balaban J connectivity index is 1.21. The lowest BCUT2D eigenvalue weighted by atomic mass is 10.3. The number of nitrogens with one attached hydrogen (secondary N) is 1. The van der Waals surface area contributed by atoms with Crippen LogP contribution in [-0.4, -0.2) is 64.3 Å². The molecule has 2 aromatic carbocycles. The Kier molecular flexibility index (Phi) is 6.84. The van der Waals surface area contributed by atoms with Gasteiger partial charge in [0.05, 0.1) is 39.9 Å². The second-order valence-electron chi connectivity index (χ2n) is 7.52. The van der Waals surface area contributed by atoms with Gasteiger partial charge in [0.1, 0.15) is 0 Å². The first-order valence-electron chi connectivity index (χ1n) is 10.9. The lowest BCUT2D eigenvalue weighted by Crippen LogP contribution is -2.37. The van der Waals surface area contributed by atoms with Crippen LogP contribution in [0.25, 0.3) is 15.9 Å². The second-order valence-corrected chi connectivity index (χ2v) is 9.57. The van der Waals surface area contributed by atoms with Crippen LogP contribution >= 0.6 is 23.1 Å². The van der Waals surface area contributed by atoms with Crippen LogP contribution in [0.3, 0.4) is 0 Å². The summed E-state index contributed by atoms with van der Waals surface area (Å²) in [5, 5.41) is 13.6. The van der Waals surface area contributed by atoms with Gasteiger partial charge >= 0.3 is 0 Å². The van der Waals surface area contributed by atoms with E-state index in [0.29, 0.717) is 24.9 Å². The number of carbonyl (C=O) groups excluding carboxylic acids is 1. The zero-order valence-corrected chi connectivity index (χ0v) is 19.6. The number of fused-ring (bicyclic) bond motifs is 1. The summed E-state index contributed by atoms with van der Waals surface area (Å²) in [6.07, 6.45) is 0.719. The Bertz CT molecular complexity index is 1190. The van der Waals surface area contributed by atoms with Gasteiger partial charge in [-0.05, 0) is 24.3 Å². The minimum absolute atomic E-state index is 0.0309. The number of ether oxygens (including phenoxy) is 1. The number of thioether (sulfide) groups is 1. The van der Waals surface area contributed by atoms with E-state index in [1.54, 1.807) is 11.3 Å². The van der Waals surface area contributed by atoms with E-state index in [2.05, 4.69) is 31.5 Å². The van der Waals surface area contributed by atoms with Gasteiger partial charge in [-0.2, -0.15) is 0 Å². The van der Waals surface area contributed by atoms with Crippen LogP contribution < -0.4 is 10.2 Å². The highest BCUT2D eigenvalue weighted by Crippen LogP contribution is 2.27. The van der Waals surface area contributed by atoms with E-state index < -0.39 is 0 Å². The van der Waals surface area contributed by atoms with Crippen LogP contribution in [-0.2, 0) is 16.0 Å². The van der Waals surface area contributed by atoms with Crippen molar-refractivity contribution >= 4 is 45.2 Å². The van der Waals surface area contributed by atoms with Gasteiger partial charge in [-0.15, -0.1) is 21.5 Å². The Morgan fingerprint density at radius 2 is 1.85 bits per heavy atom. The van der Waals surface area contributed by atoms with Gasteiger partial charge in [-0.25, -0.2) is 4.98 Å². The normalized spacial score (nSPS) is 14.0. The van der Waals surface area contributed by atoms with Crippen LogP contribution in [0.4, 0.5) is 5.95 Å². The maximum absolute atomic E-state index is 12.5. The highest BCUT2D eigenvalue weighted by atomic mass is 32.2. The number of hydrogen-bond donors (Lipinski definition) is 1. The van der Waals surface area contributed by atoms with Gasteiger partial charge in [-0.3, -0.25) is 9.36 Å². The van der Waals surface area contributed by atoms with Crippen molar-refractivity contribution < 1.29 is 9.53 Å². The number of aromatic nitrogens is 4. The van der Waals surface area contributed by atoms with Crippen molar-refractivity contribution in [2.45, 2.75) is 11.6 Å². The summed E-state index contributed by atoms with van der Waals surface area (Å²) in [6.45, 7) is 3.43. The number of rotatable bonds is 8. The molecule has 0 saturated carbocycles. The molecule has 170 valence electrons. The van der Waals surface area contributed by atoms with Gasteiger partial charge in [0.2, 0.25) is 11.9 Å². The van der Waals surface area contributed by atoms with E-state index in [1.165, 1.54) is 16.5 Å². The first-order chi connectivity index (χ1) is 16.3. The third kappa shape index (κ3) is 5.18. The molecule has 1 aliphatic rings. The number of anilines is 1. The molecule has 1 fully saturated rings. The molecule has 5 rings (SSSR count). The van der Waals surface area contributed by atoms with E-state index in [-0.39, 0.29) is 11.7 Å². The largest absolute Gasteiger partial charge is 0.378 e. The molecule has 3 heterocycles. The molecular formula is C23H24N6O2S2. The lowest BCUT2D eigenvalue weighted by Gasteiger charge is -2.27. The van der Waals surface area contributed by atoms with E-state index in [4.69, 9.17) is 4.74 Å². The summed E-state index contributed by atoms with van der Waals surface area (Å²) in [5.41, 5.74) is 1.98. The van der Waals surface area contributed by atoms with Crippen molar-refractivity contribution in [3.8, 4) is 5.69 Å². The number of carbonyl (C=O) groups is 1. The smallest absolute Gasteiger partial charge is 0.232 e. The number of amides is 1. The van der Waals surface area contributed by atoms with Crippen LogP contribution in [0.15, 0.2) is 59.8 Å². The van der Waals surface area contributed by atoms with E-state index in [0.717, 1.165) is 41.7 Å². The SMILES string of the molecule is O=C(CSc1nnc(N2CCOCC2)n1-c1ccccc1)NCCc1nc2ccccc2s1. The Morgan fingerprint density at radius 3 is 2.67 bits per heavy atom. The standard InChI is InChI=1S/C23H24N6O2S2/c30-20(24-11-10-21-25-18-8-4-5-9-19(18)33-21)16-32-23-27-26-22(28-12-14-31-15-13-28)29(23)17-6-2-1-3-7-17/h1-9H,10-16H2,(H,24,30). The average molecular weight is 481 g/mol. The van der Waals surface area contributed by atoms with Crippen molar-refractivity contribution in [1.82, 2.24) is 25.1 Å². The lowest BCUT2D eigenvalue weighted by molar-refractivity contribution is -0.118. The molecule has 10 heteroatoms. The van der Waals surface area contributed by atoms with Gasteiger partial charge in [-0.1, -0.05) is 42.1 Å². The minimum Gasteiger partial charge on any atom is -0.378 e. The number of para-hydroxylation sites is 2. The zero-order valence-electron chi connectivity index (χ0n) is 18.0. The summed E-state index contributed by atoms with van der Waals surface area (Å²) >= 11 is 3.06. The van der Waals surface area contributed by atoms with Crippen LogP contribution in [0.1, 0.15) is 5.01 Å². The zero-order chi connectivity index (χ0) is 22.5. The topological polar surface area (TPSA) is 85.2 Å². The first kappa shape index (κ1) is 21.9. The number of nitrogens with zero attached hydrogens (tertiary/aromatic N) is 5. The molecule has 0 atom stereocenters. The fraction of sp³-hybridized carbons (Fsp3) is 0.304. The summed E-state index contributed by atoms with van der Waals surface area (Å²) in [4.78, 5) is 19.3. The molecule has 1 aliphatic heterocycles. The van der Waals surface area contributed by atoms with Crippen molar-refractivity contribution in [2.75, 3.05) is 43.5 Å². The minimum atomic E-state index is -0.0309. The van der Waals surface area contributed by atoms with E-state index in [1.807, 2.05) is 53.1 Å². The van der Waals surface area contributed by atoms with Gasteiger partial charge < -0.3 is 15.0 Å². The van der Waals surface area contributed by atoms with Crippen molar-refractivity contribution in [3.05, 3.63) is 59.6 Å². The van der Waals surface area contributed by atoms with Crippen molar-refractivity contribution in [3.63, 3.8) is 0 Å². The van der Waals surface area contributed by atoms with Crippen LogP contribution in [0.2, 0.25) is 0 Å². The molecule has 0 spiro atoms. The molecule has 0 bridgehead atoms. The molecule has 4 aromatic rings. The molecule has 2 aromatic heterocycles.